The average molecular weight is 494 g/mol. The van der Waals surface area contributed by atoms with E-state index in [-0.39, 0.29) is 11.5 Å². The van der Waals surface area contributed by atoms with Crippen molar-refractivity contribution in [2.45, 2.75) is 26.8 Å². The Bertz CT molecular complexity index is 1460. The predicted molar refractivity (Wildman–Crippen MR) is 146 cm³/mol. The van der Waals surface area contributed by atoms with Crippen LogP contribution in [0.4, 0.5) is 0 Å². The quantitative estimate of drug-likeness (QED) is 0.239. The molecular weight excluding hydrogens is 462 g/mol. The number of carbonyl (C=O) groups is 3. The second-order valence-electron chi connectivity index (χ2n) is 9.39. The van der Waals surface area contributed by atoms with Gasteiger partial charge in [-0.05, 0) is 60.4 Å². The van der Waals surface area contributed by atoms with Crippen molar-refractivity contribution in [2.24, 2.45) is 0 Å². The minimum Gasteiger partial charge on any atom is -0.342 e. The van der Waals surface area contributed by atoms with Crippen LogP contribution in [0.3, 0.4) is 0 Å². The van der Waals surface area contributed by atoms with Gasteiger partial charge < -0.3 is 9.80 Å². The van der Waals surface area contributed by atoms with Crippen LogP contribution in [0.2, 0.25) is 0 Å². The van der Waals surface area contributed by atoms with E-state index >= 15 is 0 Å². The minimum absolute atomic E-state index is 0.114. The lowest BCUT2D eigenvalue weighted by molar-refractivity contribution is -0.124. The summed E-state index contributed by atoms with van der Waals surface area (Å²) in [4.78, 5) is 45.4. The van der Waals surface area contributed by atoms with Crippen molar-refractivity contribution in [3.63, 3.8) is 0 Å². The third kappa shape index (κ3) is 5.75. The maximum atomic E-state index is 13.4. The number of pyridine rings is 1. The summed E-state index contributed by atoms with van der Waals surface area (Å²) in [6.45, 7) is 5.15. The van der Waals surface area contributed by atoms with Crippen molar-refractivity contribution in [1.82, 2.24) is 14.8 Å². The van der Waals surface area contributed by atoms with Crippen LogP contribution in [-0.4, -0.2) is 53.0 Å². The van der Waals surface area contributed by atoms with Crippen molar-refractivity contribution in [3.8, 4) is 11.1 Å². The first-order valence-electron chi connectivity index (χ1n) is 12.4. The topological polar surface area (TPSA) is 70.6 Å². The molecule has 4 aromatic rings. The molecule has 0 fully saturated rings. The zero-order valence-electron chi connectivity index (χ0n) is 21.7. The third-order valence-corrected chi connectivity index (χ3v) is 6.41. The molecule has 0 aliphatic heterocycles. The lowest BCUT2D eigenvalue weighted by atomic mass is 9.99. The fourth-order valence-corrected chi connectivity index (χ4v) is 4.25. The predicted octanol–water partition coefficient (Wildman–Crippen LogP) is 5.53. The fraction of sp³-hybridized carbons (Fsp3) is 0.226. The molecule has 0 unspecified atom stereocenters. The molecular formula is C31H31N3O3. The fourth-order valence-electron chi connectivity index (χ4n) is 4.25. The van der Waals surface area contributed by atoms with E-state index < -0.39 is 11.7 Å². The lowest BCUT2D eigenvalue weighted by Crippen LogP contribution is -2.32. The largest absolute Gasteiger partial charge is 0.342 e. The van der Waals surface area contributed by atoms with Gasteiger partial charge in [0.15, 0.2) is 0 Å². The number of hydrogen-bond donors (Lipinski definition) is 0. The summed E-state index contributed by atoms with van der Waals surface area (Å²) in [5.74, 6) is -1.30. The van der Waals surface area contributed by atoms with Gasteiger partial charge in [-0.2, -0.15) is 0 Å². The number of carbonyl (C=O) groups excluding carboxylic acids is 3. The van der Waals surface area contributed by atoms with Crippen molar-refractivity contribution >= 4 is 28.5 Å². The Kier molecular flexibility index (Phi) is 7.77. The van der Waals surface area contributed by atoms with Crippen LogP contribution in [0.25, 0.3) is 22.0 Å². The molecule has 1 aromatic heterocycles. The van der Waals surface area contributed by atoms with Crippen LogP contribution in [0.5, 0.6) is 0 Å². The highest BCUT2D eigenvalue weighted by atomic mass is 16.2. The summed E-state index contributed by atoms with van der Waals surface area (Å²) in [5.41, 5.74) is 5.96. The summed E-state index contributed by atoms with van der Waals surface area (Å²) in [5, 5.41) is 1.08. The van der Waals surface area contributed by atoms with Gasteiger partial charge in [0.1, 0.15) is 0 Å². The van der Waals surface area contributed by atoms with E-state index in [0.717, 1.165) is 39.6 Å². The van der Waals surface area contributed by atoms with Crippen LogP contribution in [-0.2, 0) is 11.3 Å². The average Bonchev–Trinajstić information content (AvgIpc) is 2.92. The van der Waals surface area contributed by atoms with E-state index in [9.17, 15) is 14.4 Å². The number of amides is 2. The molecule has 0 atom stereocenters. The minimum atomic E-state index is -0.594. The third-order valence-electron chi connectivity index (χ3n) is 6.41. The number of hydrogen-bond acceptors (Lipinski definition) is 4. The Morgan fingerprint density at radius 2 is 1.54 bits per heavy atom. The highest BCUT2D eigenvalue weighted by Crippen LogP contribution is 2.26. The van der Waals surface area contributed by atoms with E-state index in [2.05, 4.69) is 42.2 Å². The molecule has 0 N–H and O–H groups in total. The van der Waals surface area contributed by atoms with Crippen LogP contribution < -0.4 is 0 Å². The molecule has 0 spiro atoms. The van der Waals surface area contributed by atoms with Crippen molar-refractivity contribution < 1.29 is 14.4 Å². The first-order chi connectivity index (χ1) is 17.8. The van der Waals surface area contributed by atoms with Gasteiger partial charge in [0.2, 0.25) is 5.78 Å². The van der Waals surface area contributed by atoms with E-state index in [1.54, 1.807) is 24.3 Å². The molecule has 0 radical (unpaired) electrons. The van der Waals surface area contributed by atoms with Gasteiger partial charge in [-0.1, -0.05) is 49.4 Å². The molecule has 0 aliphatic rings. The Morgan fingerprint density at radius 1 is 0.838 bits per heavy atom. The lowest BCUT2D eigenvalue weighted by Gasteiger charge is -2.24. The monoisotopic (exact) mass is 493 g/mol. The highest BCUT2D eigenvalue weighted by Gasteiger charge is 2.20. The number of ketones is 1. The molecule has 1 heterocycles. The summed E-state index contributed by atoms with van der Waals surface area (Å²) < 4.78 is 0. The second kappa shape index (κ2) is 11.2. The van der Waals surface area contributed by atoms with Gasteiger partial charge in [0.05, 0.1) is 5.52 Å². The molecule has 0 bridgehead atoms. The molecule has 0 aliphatic carbocycles. The Hall–Kier alpha value is -4.32. The van der Waals surface area contributed by atoms with E-state index in [1.165, 1.54) is 19.0 Å². The van der Waals surface area contributed by atoms with E-state index in [4.69, 9.17) is 0 Å². The van der Waals surface area contributed by atoms with E-state index in [1.807, 2.05) is 36.2 Å². The molecule has 0 saturated heterocycles. The standard InChI is InChI=1S/C31H31N3O3/c1-5-16-34(30(36)23-14-12-22(13-15-23)29(35)31(37)33(3)4)20-27-17-24(11-10-21(27)2)26-18-25-8-6-7-9-28(25)32-19-26/h6-15,17-19H,5,16,20H2,1-4H3. The Morgan fingerprint density at radius 3 is 2.24 bits per heavy atom. The maximum absolute atomic E-state index is 13.4. The summed E-state index contributed by atoms with van der Waals surface area (Å²) in [7, 11) is 3.07. The zero-order valence-corrected chi connectivity index (χ0v) is 21.7. The van der Waals surface area contributed by atoms with Gasteiger partial charge in [0, 0.05) is 55.5 Å². The number of fused-ring (bicyclic) bond motifs is 1. The van der Waals surface area contributed by atoms with Crippen molar-refractivity contribution in [1.29, 1.82) is 0 Å². The van der Waals surface area contributed by atoms with Gasteiger partial charge in [-0.15, -0.1) is 0 Å². The van der Waals surface area contributed by atoms with E-state index in [0.29, 0.717) is 18.7 Å². The van der Waals surface area contributed by atoms with Gasteiger partial charge in [-0.3, -0.25) is 19.4 Å². The number of benzene rings is 3. The summed E-state index contributed by atoms with van der Waals surface area (Å²) in [6.07, 6.45) is 2.70. The van der Waals surface area contributed by atoms with Crippen LogP contribution in [0.15, 0.2) is 79.0 Å². The molecule has 37 heavy (non-hydrogen) atoms. The Balaban J connectivity index is 1.58. The first-order valence-corrected chi connectivity index (χ1v) is 12.4. The van der Waals surface area contributed by atoms with Crippen LogP contribution >= 0.6 is 0 Å². The molecule has 188 valence electrons. The molecule has 3 aromatic carbocycles. The number of nitrogens with zero attached hydrogens (tertiary/aromatic N) is 3. The van der Waals surface area contributed by atoms with Gasteiger partial charge >= 0.3 is 0 Å². The normalized spacial score (nSPS) is 10.8. The number of likely N-dealkylation sites (N-methyl/N-ethyl adjacent to an activating group) is 1. The number of rotatable bonds is 8. The van der Waals surface area contributed by atoms with Gasteiger partial charge in [0.25, 0.3) is 11.8 Å². The van der Waals surface area contributed by atoms with Crippen molar-refractivity contribution in [3.05, 3.63) is 101 Å². The highest BCUT2D eigenvalue weighted by molar-refractivity contribution is 6.42. The first kappa shape index (κ1) is 25.8. The number of aryl methyl sites for hydroxylation is 1. The summed E-state index contributed by atoms with van der Waals surface area (Å²) in [6, 6.07) is 22.8. The smallest absolute Gasteiger partial charge is 0.294 e. The molecule has 4 rings (SSSR count). The van der Waals surface area contributed by atoms with Crippen LogP contribution in [0.1, 0.15) is 45.2 Å². The second-order valence-corrected chi connectivity index (χ2v) is 9.39. The maximum Gasteiger partial charge on any atom is 0.294 e. The van der Waals surface area contributed by atoms with Gasteiger partial charge in [-0.25, -0.2) is 0 Å². The SMILES string of the molecule is CCCN(Cc1cc(-c2cnc3ccccc3c2)ccc1C)C(=O)c1ccc(C(=O)C(=O)N(C)C)cc1. The zero-order chi connectivity index (χ0) is 26.5. The van der Waals surface area contributed by atoms with Crippen LogP contribution in [0, 0.1) is 6.92 Å². The number of Topliss-reactive ketones (excluding diaryl/α,β-unsaturated/α-hetero) is 1. The molecule has 6 nitrogen and oxygen atoms in total. The molecule has 0 saturated carbocycles. The van der Waals surface area contributed by atoms with Crippen molar-refractivity contribution in [2.75, 3.05) is 20.6 Å². The molecule has 6 heteroatoms. The number of aromatic nitrogens is 1. The number of para-hydroxylation sites is 1. The molecule has 2 amide bonds. The summed E-state index contributed by atoms with van der Waals surface area (Å²) >= 11 is 0. The Labute approximate surface area is 217 Å².